The first-order chi connectivity index (χ1) is 7.77. The molecule has 0 aliphatic carbocycles. The highest BCUT2D eigenvalue weighted by Crippen LogP contribution is 2.05. The van der Waals surface area contributed by atoms with Crippen molar-refractivity contribution in [1.82, 2.24) is 9.88 Å². The summed E-state index contributed by atoms with van der Waals surface area (Å²) in [4.78, 5) is 17.6. The molecule has 0 saturated heterocycles. The third kappa shape index (κ3) is 3.98. The van der Waals surface area contributed by atoms with E-state index in [-0.39, 0.29) is 5.91 Å². The zero-order valence-corrected chi connectivity index (χ0v) is 9.72. The van der Waals surface area contributed by atoms with E-state index in [4.69, 9.17) is 5.73 Å². The highest BCUT2D eigenvalue weighted by molar-refractivity contribution is 5.75. The van der Waals surface area contributed by atoms with Crippen LogP contribution in [-0.4, -0.2) is 28.9 Å². The van der Waals surface area contributed by atoms with Crippen molar-refractivity contribution in [1.29, 1.82) is 0 Å². The van der Waals surface area contributed by atoms with Crippen LogP contribution in [0.15, 0.2) is 24.5 Å². The van der Waals surface area contributed by atoms with E-state index in [1.807, 2.05) is 24.0 Å². The molecule has 4 nitrogen and oxygen atoms in total. The van der Waals surface area contributed by atoms with Gasteiger partial charge in [0.1, 0.15) is 0 Å². The van der Waals surface area contributed by atoms with Crippen LogP contribution in [0.3, 0.4) is 0 Å². The number of hydrogen-bond acceptors (Lipinski definition) is 3. The number of rotatable bonds is 6. The van der Waals surface area contributed by atoms with Gasteiger partial charge in [-0.2, -0.15) is 0 Å². The zero-order valence-electron chi connectivity index (χ0n) is 9.72. The van der Waals surface area contributed by atoms with Crippen LogP contribution in [0.4, 0.5) is 0 Å². The van der Waals surface area contributed by atoms with E-state index < -0.39 is 0 Å². The SMILES string of the molecule is CCC(=O)N(CCCN)Cc1cccnc1. The lowest BCUT2D eigenvalue weighted by Crippen LogP contribution is -2.31. The second kappa shape index (κ2) is 6.95. The lowest BCUT2D eigenvalue weighted by Gasteiger charge is -2.21. The van der Waals surface area contributed by atoms with Crippen molar-refractivity contribution in [3.05, 3.63) is 30.1 Å². The van der Waals surface area contributed by atoms with E-state index in [9.17, 15) is 4.79 Å². The Balaban J connectivity index is 2.59. The molecule has 0 saturated carbocycles. The summed E-state index contributed by atoms with van der Waals surface area (Å²) in [5.41, 5.74) is 6.52. The molecule has 0 fully saturated rings. The molecule has 16 heavy (non-hydrogen) atoms. The van der Waals surface area contributed by atoms with Crippen molar-refractivity contribution in [2.75, 3.05) is 13.1 Å². The van der Waals surface area contributed by atoms with Gasteiger partial charge in [-0.05, 0) is 24.6 Å². The van der Waals surface area contributed by atoms with Gasteiger partial charge >= 0.3 is 0 Å². The van der Waals surface area contributed by atoms with E-state index in [0.29, 0.717) is 19.5 Å². The summed E-state index contributed by atoms with van der Waals surface area (Å²) in [5.74, 6) is 0.164. The molecule has 2 N–H and O–H groups in total. The van der Waals surface area contributed by atoms with Gasteiger partial charge in [-0.3, -0.25) is 9.78 Å². The fourth-order valence-electron chi connectivity index (χ4n) is 1.51. The number of carbonyl (C=O) groups excluding carboxylic acids is 1. The van der Waals surface area contributed by atoms with Crippen LogP contribution in [-0.2, 0) is 11.3 Å². The first-order valence-corrected chi connectivity index (χ1v) is 5.64. The minimum Gasteiger partial charge on any atom is -0.338 e. The van der Waals surface area contributed by atoms with Crippen LogP contribution in [0.5, 0.6) is 0 Å². The number of nitrogens with zero attached hydrogens (tertiary/aromatic N) is 2. The lowest BCUT2D eigenvalue weighted by molar-refractivity contribution is -0.131. The Morgan fingerprint density at radius 2 is 2.38 bits per heavy atom. The van der Waals surface area contributed by atoms with Gasteiger partial charge in [-0.15, -0.1) is 0 Å². The van der Waals surface area contributed by atoms with E-state index in [0.717, 1.165) is 18.5 Å². The molecule has 1 aromatic heterocycles. The monoisotopic (exact) mass is 221 g/mol. The number of aromatic nitrogens is 1. The summed E-state index contributed by atoms with van der Waals surface area (Å²) < 4.78 is 0. The Morgan fingerprint density at radius 1 is 1.56 bits per heavy atom. The fraction of sp³-hybridized carbons (Fsp3) is 0.500. The summed E-state index contributed by atoms with van der Waals surface area (Å²) >= 11 is 0. The van der Waals surface area contributed by atoms with E-state index >= 15 is 0 Å². The Kier molecular flexibility index (Phi) is 5.50. The molecule has 1 amide bonds. The number of hydrogen-bond donors (Lipinski definition) is 1. The highest BCUT2D eigenvalue weighted by Gasteiger charge is 2.11. The molecule has 0 unspecified atom stereocenters. The molecule has 0 spiro atoms. The predicted molar refractivity (Wildman–Crippen MR) is 63.6 cm³/mol. The lowest BCUT2D eigenvalue weighted by atomic mass is 10.2. The Bertz CT molecular complexity index is 313. The van der Waals surface area contributed by atoms with E-state index in [1.54, 1.807) is 12.4 Å². The molecule has 88 valence electrons. The van der Waals surface area contributed by atoms with Crippen LogP contribution in [0, 0.1) is 0 Å². The molecule has 4 heteroatoms. The van der Waals surface area contributed by atoms with Crippen LogP contribution in [0.2, 0.25) is 0 Å². The number of amides is 1. The van der Waals surface area contributed by atoms with E-state index in [1.165, 1.54) is 0 Å². The normalized spacial score (nSPS) is 10.1. The van der Waals surface area contributed by atoms with Crippen molar-refractivity contribution in [3.8, 4) is 0 Å². The molecule has 0 radical (unpaired) electrons. The molecule has 0 aliphatic heterocycles. The summed E-state index contributed by atoms with van der Waals surface area (Å²) in [6.45, 7) is 3.83. The first kappa shape index (κ1) is 12.6. The van der Waals surface area contributed by atoms with Gasteiger partial charge in [-0.25, -0.2) is 0 Å². The zero-order chi connectivity index (χ0) is 11.8. The third-order valence-electron chi connectivity index (χ3n) is 2.38. The first-order valence-electron chi connectivity index (χ1n) is 5.64. The number of pyridine rings is 1. The largest absolute Gasteiger partial charge is 0.338 e. The van der Waals surface area contributed by atoms with Gasteiger partial charge in [0.15, 0.2) is 0 Å². The smallest absolute Gasteiger partial charge is 0.222 e. The minimum absolute atomic E-state index is 0.164. The Labute approximate surface area is 96.5 Å². The maximum atomic E-state index is 11.7. The topological polar surface area (TPSA) is 59.2 Å². The summed E-state index contributed by atoms with van der Waals surface area (Å²) in [7, 11) is 0. The summed E-state index contributed by atoms with van der Waals surface area (Å²) in [5, 5.41) is 0. The van der Waals surface area contributed by atoms with Crippen molar-refractivity contribution in [2.45, 2.75) is 26.3 Å². The molecule has 0 bridgehead atoms. The average Bonchev–Trinajstić information content (AvgIpc) is 2.34. The molecular formula is C12H19N3O. The predicted octanol–water partition coefficient (Wildman–Crippen LogP) is 1.17. The fourth-order valence-corrected chi connectivity index (χ4v) is 1.51. The molecule has 1 heterocycles. The summed E-state index contributed by atoms with van der Waals surface area (Å²) in [6.07, 6.45) is 4.89. The van der Waals surface area contributed by atoms with Crippen molar-refractivity contribution >= 4 is 5.91 Å². The molecule has 1 aromatic rings. The molecule has 0 aromatic carbocycles. The Hall–Kier alpha value is -1.42. The minimum atomic E-state index is 0.164. The van der Waals surface area contributed by atoms with Crippen LogP contribution in [0.25, 0.3) is 0 Å². The molecular weight excluding hydrogens is 202 g/mol. The van der Waals surface area contributed by atoms with Crippen LogP contribution < -0.4 is 5.73 Å². The van der Waals surface area contributed by atoms with Crippen molar-refractivity contribution in [2.24, 2.45) is 5.73 Å². The second-order valence-corrected chi connectivity index (χ2v) is 3.67. The Morgan fingerprint density at radius 3 is 2.94 bits per heavy atom. The van der Waals surface area contributed by atoms with Gasteiger partial charge < -0.3 is 10.6 Å². The quantitative estimate of drug-likeness (QED) is 0.784. The standard InChI is InChI=1S/C12H19N3O/c1-2-12(16)15(8-4-6-13)10-11-5-3-7-14-9-11/h3,5,7,9H,2,4,6,8,10,13H2,1H3. The molecule has 0 atom stereocenters. The number of nitrogens with two attached hydrogens (primary N) is 1. The van der Waals surface area contributed by atoms with Crippen LogP contribution >= 0.6 is 0 Å². The van der Waals surface area contributed by atoms with Gasteiger partial charge in [0.2, 0.25) is 5.91 Å². The van der Waals surface area contributed by atoms with Gasteiger partial charge in [0.25, 0.3) is 0 Å². The van der Waals surface area contributed by atoms with Gasteiger partial charge in [0, 0.05) is 31.9 Å². The maximum Gasteiger partial charge on any atom is 0.222 e. The van der Waals surface area contributed by atoms with Crippen molar-refractivity contribution < 1.29 is 4.79 Å². The van der Waals surface area contributed by atoms with Crippen molar-refractivity contribution in [3.63, 3.8) is 0 Å². The van der Waals surface area contributed by atoms with Gasteiger partial charge in [0.05, 0.1) is 0 Å². The van der Waals surface area contributed by atoms with E-state index in [2.05, 4.69) is 4.98 Å². The van der Waals surface area contributed by atoms with Gasteiger partial charge in [-0.1, -0.05) is 13.0 Å². The average molecular weight is 221 g/mol. The summed E-state index contributed by atoms with van der Waals surface area (Å²) in [6, 6.07) is 3.86. The molecule has 1 rings (SSSR count). The second-order valence-electron chi connectivity index (χ2n) is 3.67. The number of carbonyl (C=O) groups is 1. The highest BCUT2D eigenvalue weighted by atomic mass is 16.2. The van der Waals surface area contributed by atoms with Crippen LogP contribution in [0.1, 0.15) is 25.3 Å². The molecule has 0 aliphatic rings. The third-order valence-corrected chi connectivity index (χ3v) is 2.38. The maximum absolute atomic E-state index is 11.7.